The Hall–Kier alpha value is -2.39. The SMILES string of the molecule is C=CCN(CC=C)Cc1c(OC(C)C)cc(-c2c(CC)cccc2CC)nc1C. The van der Waals surface area contributed by atoms with Crippen molar-refractivity contribution in [3.63, 3.8) is 0 Å². The summed E-state index contributed by atoms with van der Waals surface area (Å²) in [5, 5.41) is 0. The molecule has 3 heteroatoms. The van der Waals surface area contributed by atoms with E-state index in [1.165, 1.54) is 16.7 Å². The largest absolute Gasteiger partial charge is 0.491 e. The van der Waals surface area contributed by atoms with Gasteiger partial charge in [-0.05, 0) is 44.7 Å². The maximum atomic E-state index is 6.27. The fourth-order valence-corrected chi connectivity index (χ4v) is 3.71. The molecule has 0 unspecified atom stereocenters. The number of aromatic nitrogens is 1. The zero-order valence-electron chi connectivity index (χ0n) is 18.8. The fourth-order valence-electron chi connectivity index (χ4n) is 3.71. The first-order valence-corrected chi connectivity index (χ1v) is 10.7. The van der Waals surface area contributed by atoms with Crippen molar-refractivity contribution >= 4 is 0 Å². The minimum Gasteiger partial charge on any atom is -0.491 e. The number of aryl methyl sites for hydroxylation is 3. The molecule has 2 aromatic rings. The van der Waals surface area contributed by atoms with E-state index in [4.69, 9.17) is 9.72 Å². The molecule has 0 bridgehead atoms. The van der Waals surface area contributed by atoms with Crippen LogP contribution < -0.4 is 4.74 Å². The van der Waals surface area contributed by atoms with Gasteiger partial charge in [0.25, 0.3) is 0 Å². The van der Waals surface area contributed by atoms with Gasteiger partial charge in [-0.15, -0.1) is 13.2 Å². The van der Waals surface area contributed by atoms with E-state index in [0.29, 0.717) is 0 Å². The minimum atomic E-state index is 0.0997. The first-order chi connectivity index (χ1) is 13.9. The quantitative estimate of drug-likeness (QED) is 0.429. The van der Waals surface area contributed by atoms with Gasteiger partial charge in [0.15, 0.2) is 0 Å². The Kier molecular flexibility index (Phi) is 8.66. The lowest BCUT2D eigenvalue weighted by molar-refractivity contribution is 0.233. The summed E-state index contributed by atoms with van der Waals surface area (Å²) in [5.74, 6) is 0.925. The molecule has 0 saturated carbocycles. The molecule has 29 heavy (non-hydrogen) atoms. The third kappa shape index (κ3) is 5.80. The highest BCUT2D eigenvalue weighted by Gasteiger charge is 2.18. The molecule has 3 nitrogen and oxygen atoms in total. The standard InChI is InChI=1S/C26H36N2O/c1-8-15-28(16-9-2)18-23-20(7)27-24(17-25(23)29-19(5)6)26-21(10-3)13-12-14-22(26)11-4/h8-9,12-14,17,19H,1-2,10-11,15-16,18H2,3-7H3. The van der Waals surface area contributed by atoms with Crippen LogP contribution in [0.5, 0.6) is 5.75 Å². The Morgan fingerprint density at radius 2 is 1.66 bits per heavy atom. The smallest absolute Gasteiger partial charge is 0.128 e. The summed E-state index contributed by atoms with van der Waals surface area (Å²) in [7, 11) is 0. The molecule has 2 rings (SSSR count). The molecule has 1 aromatic heterocycles. The first kappa shape index (κ1) is 22.9. The van der Waals surface area contributed by atoms with E-state index in [9.17, 15) is 0 Å². The number of benzene rings is 1. The highest BCUT2D eigenvalue weighted by atomic mass is 16.5. The Bertz CT molecular complexity index is 807. The first-order valence-electron chi connectivity index (χ1n) is 10.7. The molecule has 0 radical (unpaired) electrons. The molecular weight excluding hydrogens is 356 g/mol. The second-order valence-corrected chi connectivity index (χ2v) is 7.67. The maximum absolute atomic E-state index is 6.27. The Morgan fingerprint density at radius 1 is 1.07 bits per heavy atom. The van der Waals surface area contributed by atoms with Gasteiger partial charge in [-0.3, -0.25) is 9.88 Å². The third-order valence-corrected chi connectivity index (χ3v) is 5.06. The second-order valence-electron chi connectivity index (χ2n) is 7.67. The van der Waals surface area contributed by atoms with Gasteiger partial charge in [0.05, 0.1) is 11.8 Å². The van der Waals surface area contributed by atoms with Crippen LogP contribution in [0.1, 0.15) is 50.1 Å². The van der Waals surface area contributed by atoms with Crippen LogP contribution >= 0.6 is 0 Å². The van der Waals surface area contributed by atoms with Gasteiger partial charge in [-0.1, -0.05) is 44.2 Å². The van der Waals surface area contributed by atoms with E-state index in [2.05, 4.69) is 76.9 Å². The summed E-state index contributed by atoms with van der Waals surface area (Å²) in [6.45, 7) is 20.8. The average Bonchev–Trinajstić information content (AvgIpc) is 2.69. The van der Waals surface area contributed by atoms with Gasteiger partial charge >= 0.3 is 0 Å². The predicted molar refractivity (Wildman–Crippen MR) is 125 cm³/mol. The van der Waals surface area contributed by atoms with Gasteiger partial charge < -0.3 is 4.74 Å². The Labute approximate surface area is 177 Å². The van der Waals surface area contributed by atoms with Gasteiger partial charge in [-0.2, -0.15) is 0 Å². The topological polar surface area (TPSA) is 25.4 Å². The molecule has 0 saturated heterocycles. The normalized spacial score (nSPS) is 11.1. The van der Waals surface area contributed by atoms with Crippen LogP contribution in [0.2, 0.25) is 0 Å². The lowest BCUT2D eigenvalue weighted by Crippen LogP contribution is -2.25. The molecule has 1 heterocycles. The van der Waals surface area contributed by atoms with Crippen LogP contribution in [0.25, 0.3) is 11.3 Å². The van der Waals surface area contributed by atoms with Crippen molar-refractivity contribution in [3.05, 3.63) is 72.0 Å². The van der Waals surface area contributed by atoms with Crippen molar-refractivity contribution in [1.82, 2.24) is 9.88 Å². The average molecular weight is 393 g/mol. The summed E-state index contributed by atoms with van der Waals surface area (Å²) in [4.78, 5) is 7.33. The molecule has 0 aliphatic heterocycles. The molecule has 0 fully saturated rings. The molecule has 156 valence electrons. The van der Waals surface area contributed by atoms with Crippen molar-refractivity contribution in [3.8, 4) is 17.0 Å². The van der Waals surface area contributed by atoms with E-state index in [-0.39, 0.29) is 6.10 Å². The predicted octanol–water partition coefficient (Wildman–Crippen LogP) is 6.14. The van der Waals surface area contributed by atoms with Gasteiger partial charge in [0.2, 0.25) is 0 Å². The van der Waals surface area contributed by atoms with E-state index in [1.54, 1.807) is 0 Å². The third-order valence-electron chi connectivity index (χ3n) is 5.06. The van der Waals surface area contributed by atoms with Crippen LogP contribution in [-0.2, 0) is 19.4 Å². The number of rotatable bonds is 11. The second kappa shape index (κ2) is 11.0. The van der Waals surface area contributed by atoms with Gasteiger partial charge in [0, 0.05) is 42.5 Å². The monoisotopic (exact) mass is 392 g/mol. The summed E-state index contributed by atoms with van der Waals surface area (Å²) in [5.41, 5.74) is 7.09. The molecule has 0 atom stereocenters. The summed E-state index contributed by atoms with van der Waals surface area (Å²) in [6, 6.07) is 8.70. The van der Waals surface area contributed by atoms with Crippen molar-refractivity contribution in [2.75, 3.05) is 13.1 Å². The van der Waals surface area contributed by atoms with Crippen molar-refractivity contribution in [1.29, 1.82) is 0 Å². The van der Waals surface area contributed by atoms with E-state index < -0.39 is 0 Å². The molecule has 0 spiro atoms. The van der Waals surface area contributed by atoms with E-state index in [0.717, 1.165) is 55.2 Å². The number of pyridine rings is 1. The summed E-state index contributed by atoms with van der Waals surface area (Å²) in [6.07, 6.45) is 5.92. The zero-order chi connectivity index (χ0) is 21.4. The maximum Gasteiger partial charge on any atom is 0.128 e. The van der Waals surface area contributed by atoms with Crippen LogP contribution in [0, 0.1) is 6.92 Å². The van der Waals surface area contributed by atoms with E-state index >= 15 is 0 Å². The van der Waals surface area contributed by atoms with Crippen molar-refractivity contribution < 1.29 is 4.74 Å². The fraction of sp³-hybridized carbons (Fsp3) is 0.423. The van der Waals surface area contributed by atoms with Crippen LogP contribution in [-0.4, -0.2) is 29.1 Å². The lowest BCUT2D eigenvalue weighted by Gasteiger charge is -2.24. The van der Waals surface area contributed by atoms with E-state index in [1.807, 2.05) is 12.2 Å². The number of ether oxygens (including phenoxy) is 1. The molecule has 0 N–H and O–H groups in total. The van der Waals surface area contributed by atoms with Gasteiger partial charge in [-0.25, -0.2) is 0 Å². The van der Waals surface area contributed by atoms with Gasteiger partial charge in [0.1, 0.15) is 5.75 Å². The molecular formula is C26H36N2O. The molecule has 0 aliphatic carbocycles. The molecule has 0 aliphatic rings. The Balaban J connectivity index is 2.60. The Morgan fingerprint density at radius 3 is 2.14 bits per heavy atom. The summed E-state index contributed by atoms with van der Waals surface area (Å²) < 4.78 is 6.27. The number of hydrogen-bond donors (Lipinski definition) is 0. The lowest BCUT2D eigenvalue weighted by atomic mass is 9.94. The number of nitrogens with zero attached hydrogens (tertiary/aromatic N) is 2. The minimum absolute atomic E-state index is 0.0997. The van der Waals surface area contributed by atoms with Crippen LogP contribution in [0.15, 0.2) is 49.6 Å². The van der Waals surface area contributed by atoms with Crippen LogP contribution in [0.3, 0.4) is 0 Å². The summed E-state index contributed by atoms with van der Waals surface area (Å²) >= 11 is 0. The van der Waals surface area contributed by atoms with Crippen molar-refractivity contribution in [2.45, 2.75) is 60.1 Å². The highest BCUT2D eigenvalue weighted by molar-refractivity contribution is 5.70. The molecule has 0 amide bonds. The highest BCUT2D eigenvalue weighted by Crippen LogP contribution is 2.33. The van der Waals surface area contributed by atoms with Crippen molar-refractivity contribution in [2.24, 2.45) is 0 Å². The number of hydrogen-bond acceptors (Lipinski definition) is 3. The molecule has 1 aromatic carbocycles. The zero-order valence-corrected chi connectivity index (χ0v) is 18.8. The van der Waals surface area contributed by atoms with Crippen LogP contribution in [0.4, 0.5) is 0 Å².